The van der Waals surface area contributed by atoms with E-state index in [2.05, 4.69) is 15.0 Å². The van der Waals surface area contributed by atoms with E-state index >= 15 is 0 Å². The van der Waals surface area contributed by atoms with Crippen LogP contribution < -0.4 is 15.4 Å². The maximum absolute atomic E-state index is 11.8. The van der Waals surface area contributed by atoms with Gasteiger partial charge in [0.25, 0.3) is 0 Å². The SMILES string of the molecule is Nc1cnc(Oc2ccc(-c3cnc(N4CCCC4=O)s3)cc2)nc1. The molecule has 1 amide bonds. The number of nitrogen functional groups attached to an aromatic ring is 1. The Morgan fingerprint density at radius 3 is 2.52 bits per heavy atom. The first kappa shape index (κ1) is 15.5. The molecule has 126 valence electrons. The summed E-state index contributed by atoms with van der Waals surface area (Å²) in [6, 6.07) is 7.81. The molecule has 1 fully saturated rings. The van der Waals surface area contributed by atoms with Crippen LogP contribution in [0.15, 0.2) is 42.9 Å². The van der Waals surface area contributed by atoms with Gasteiger partial charge in [0.15, 0.2) is 5.13 Å². The smallest absolute Gasteiger partial charge is 0.322 e. The molecule has 0 bridgehead atoms. The molecule has 8 heteroatoms. The van der Waals surface area contributed by atoms with Crippen molar-refractivity contribution in [2.45, 2.75) is 12.8 Å². The molecule has 1 aliphatic rings. The number of carbonyl (C=O) groups excluding carboxylic acids is 1. The lowest BCUT2D eigenvalue weighted by atomic mass is 10.2. The molecule has 0 aliphatic carbocycles. The highest BCUT2D eigenvalue weighted by Crippen LogP contribution is 2.34. The summed E-state index contributed by atoms with van der Waals surface area (Å²) >= 11 is 1.51. The van der Waals surface area contributed by atoms with Crippen molar-refractivity contribution in [2.75, 3.05) is 17.2 Å². The van der Waals surface area contributed by atoms with Gasteiger partial charge in [0, 0.05) is 19.2 Å². The first-order chi connectivity index (χ1) is 12.2. The largest absolute Gasteiger partial charge is 0.424 e. The van der Waals surface area contributed by atoms with Gasteiger partial charge < -0.3 is 10.5 Å². The summed E-state index contributed by atoms with van der Waals surface area (Å²) in [7, 11) is 0. The summed E-state index contributed by atoms with van der Waals surface area (Å²) in [6.45, 7) is 0.750. The van der Waals surface area contributed by atoms with Crippen LogP contribution >= 0.6 is 11.3 Å². The van der Waals surface area contributed by atoms with Gasteiger partial charge in [-0.25, -0.2) is 15.0 Å². The van der Waals surface area contributed by atoms with Gasteiger partial charge in [0.1, 0.15) is 5.75 Å². The number of benzene rings is 1. The van der Waals surface area contributed by atoms with E-state index in [4.69, 9.17) is 10.5 Å². The molecule has 2 N–H and O–H groups in total. The first-order valence-electron chi connectivity index (χ1n) is 7.81. The highest BCUT2D eigenvalue weighted by Gasteiger charge is 2.24. The molecule has 0 spiro atoms. The van der Waals surface area contributed by atoms with Crippen LogP contribution in [0.5, 0.6) is 11.8 Å². The Kier molecular flexibility index (Phi) is 4.02. The second-order valence-corrected chi connectivity index (χ2v) is 6.59. The summed E-state index contributed by atoms with van der Waals surface area (Å²) in [5.41, 5.74) is 7.05. The maximum Gasteiger partial charge on any atom is 0.322 e. The summed E-state index contributed by atoms with van der Waals surface area (Å²) in [4.78, 5) is 27.0. The van der Waals surface area contributed by atoms with Gasteiger partial charge in [0.05, 0.1) is 23.0 Å². The molecule has 1 aliphatic heterocycles. The third-order valence-corrected chi connectivity index (χ3v) is 4.86. The van der Waals surface area contributed by atoms with Gasteiger partial charge in [-0.15, -0.1) is 0 Å². The molecule has 0 atom stereocenters. The molecule has 0 radical (unpaired) electrons. The predicted molar refractivity (Wildman–Crippen MR) is 95.7 cm³/mol. The van der Waals surface area contributed by atoms with Crippen molar-refractivity contribution >= 4 is 28.1 Å². The molecular weight excluding hydrogens is 338 g/mol. The van der Waals surface area contributed by atoms with Crippen LogP contribution in [-0.4, -0.2) is 27.4 Å². The molecule has 1 saturated heterocycles. The summed E-state index contributed by atoms with van der Waals surface area (Å²) < 4.78 is 5.58. The lowest BCUT2D eigenvalue weighted by molar-refractivity contribution is -0.117. The van der Waals surface area contributed by atoms with Gasteiger partial charge in [-0.05, 0) is 36.2 Å². The van der Waals surface area contributed by atoms with Crippen molar-refractivity contribution in [3.05, 3.63) is 42.9 Å². The average Bonchev–Trinajstić information content (AvgIpc) is 3.26. The van der Waals surface area contributed by atoms with Crippen molar-refractivity contribution in [3.8, 4) is 22.2 Å². The fraction of sp³-hybridized carbons (Fsp3) is 0.176. The van der Waals surface area contributed by atoms with E-state index in [1.165, 1.54) is 23.7 Å². The van der Waals surface area contributed by atoms with Gasteiger partial charge in [-0.2, -0.15) is 0 Å². The Bertz CT molecular complexity index is 892. The Balaban J connectivity index is 1.49. The van der Waals surface area contributed by atoms with Crippen LogP contribution in [0, 0.1) is 0 Å². The van der Waals surface area contributed by atoms with Crippen molar-refractivity contribution in [1.82, 2.24) is 15.0 Å². The third kappa shape index (κ3) is 3.29. The number of anilines is 2. The van der Waals surface area contributed by atoms with Gasteiger partial charge in [-0.3, -0.25) is 9.69 Å². The zero-order valence-electron chi connectivity index (χ0n) is 13.3. The monoisotopic (exact) mass is 353 g/mol. The van der Waals surface area contributed by atoms with E-state index in [1.807, 2.05) is 24.3 Å². The molecular formula is C17H15N5O2S. The normalized spacial score (nSPS) is 14.1. The van der Waals surface area contributed by atoms with Crippen LogP contribution in [-0.2, 0) is 4.79 Å². The molecule has 0 unspecified atom stereocenters. The second-order valence-electron chi connectivity index (χ2n) is 5.58. The average molecular weight is 353 g/mol. The lowest BCUT2D eigenvalue weighted by Crippen LogP contribution is -2.23. The third-order valence-electron chi connectivity index (χ3n) is 3.79. The first-order valence-corrected chi connectivity index (χ1v) is 8.63. The van der Waals surface area contributed by atoms with E-state index in [0.717, 1.165) is 28.5 Å². The van der Waals surface area contributed by atoms with E-state index in [0.29, 0.717) is 17.9 Å². The maximum atomic E-state index is 11.8. The summed E-state index contributed by atoms with van der Waals surface area (Å²) in [5, 5.41) is 0.758. The number of nitrogens with two attached hydrogens (primary N) is 1. The predicted octanol–water partition coefficient (Wildman–Crippen LogP) is 3.10. The fourth-order valence-electron chi connectivity index (χ4n) is 2.55. The van der Waals surface area contributed by atoms with E-state index in [-0.39, 0.29) is 11.9 Å². The van der Waals surface area contributed by atoms with Crippen LogP contribution in [0.1, 0.15) is 12.8 Å². The molecule has 25 heavy (non-hydrogen) atoms. The zero-order valence-corrected chi connectivity index (χ0v) is 14.1. The van der Waals surface area contributed by atoms with Crippen molar-refractivity contribution in [2.24, 2.45) is 0 Å². The van der Waals surface area contributed by atoms with E-state index in [9.17, 15) is 4.79 Å². The minimum Gasteiger partial charge on any atom is -0.424 e. The van der Waals surface area contributed by atoms with Gasteiger partial charge in [0.2, 0.25) is 5.91 Å². The minimum atomic E-state index is 0.146. The lowest BCUT2D eigenvalue weighted by Gasteiger charge is -2.10. The van der Waals surface area contributed by atoms with E-state index < -0.39 is 0 Å². The Morgan fingerprint density at radius 2 is 1.84 bits per heavy atom. The number of ether oxygens (including phenoxy) is 1. The van der Waals surface area contributed by atoms with Gasteiger partial charge >= 0.3 is 6.01 Å². The molecule has 2 aromatic heterocycles. The molecule has 3 heterocycles. The number of hydrogen-bond donors (Lipinski definition) is 1. The number of thiazole rings is 1. The van der Waals surface area contributed by atoms with Crippen molar-refractivity contribution in [3.63, 3.8) is 0 Å². The number of amides is 1. The minimum absolute atomic E-state index is 0.146. The van der Waals surface area contributed by atoms with Crippen molar-refractivity contribution in [1.29, 1.82) is 0 Å². The summed E-state index contributed by atoms with van der Waals surface area (Å²) in [5.74, 6) is 0.779. The number of nitrogens with zero attached hydrogens (tertiary/aromatic N) is 4. The topological polar surface area (TPSA) is 94.2 Å². The van der Waals surface area contributed by atoms with Crippen molar-refractivity contribution < 1.29 is 9.53 Å². The highest BCUT2D eigenvalue weighted by molar-refractivity contribution is 7.19. The van der Waals surface area contributed by atoms with E-state index in [1.54, 1.807) is 11.1 Å². The molecule has 3 aromatic rings. The zero-order chi connectivity index (χ0) is 17.2. The highest BCUT2D eigenvalue weighted by atomic mass is 32.1. The van der Waals surface area contributed by atoms with Gasteiger partial charge in [-0.1, -0.05) is 11.3 Å². The fourth-order valence-corrected chi connectivity index (χ4v) is 3.51. The molecule has 4 rings (SSSR count). The standard InChI is InChI=1S/C17H15N5O2S/c18-12-8-19-16(20-9-12)24-13-5-3-11(4-6-13)14-10-21-17(25-14)22-7-1-2-15(22)23/h3-6,8-10H,1-2,7,18H2. The second kappa shape index (κ2) is 6.48. The molecule has 1 aromatic carbocycles. The van der Waals surface area contributed by atoms with Crippen LogP contribution in [0.3, 0.4) is 0 Å². The Hall–Kier alpha value is -3.00. The number of aromatic nitrogens is 3. The number of rotatable bonds is 4. The van der Waals surface area contributed by atoms with Crippen LogP contribution in [0.2, 0.25) is 0 Å². The van der Waals surface area contributed by atoms with Crippen LogP contribution in [0.25, 0.3) is 10.4 Å². The molecule has 0 saturated carbocycles. The Labute approximate surface area is 148 Å². The Morgan fingerprint density at radius 1 is 1.08 bits per heavy atom. The quantitative estimate of drug-likeness (QED) is 0.774. The molecule has 7 nitrogen and oxygen atoms in total. The van der Waals surface area contributed by atoms with Crippen LogP contribution in [0.4, 0.5) is 10.8 Å². The number of hydrogen-bond acceptors (Lipinski definition) is 7. The summed E-state index contributed by atoms with van der Waals surface area (Å²) in [6.07, 6.45) is 6.29. The number of carbonyl (C=O) groups is 1.